The average molecular weight is 383 g/mol. The van der Waals surface area contributed by atoms with Crippen LogP contribution in [-0.4, -0.2) is 36.5 Å². The summed E-state index contributed by atoms with van der Waals surface area (Å²) in [6, 6.07) is 10.0. The summed E-state index contributed by atoms with van der Waals surface area (Å²) in [5.74, 6) is -7.81. The van der Waals surface area contributed by atoms with Gasteiger partial charge in [-0.2, -0.15) is 22.0 Å². The van der Waals surface area contributed by atoms with Gasteiger partial charge in [0.15, 0.2) is 10.1 Å². The second-order valence-electron chi connectivity index (χ2n) is 4.88. The zero-order valence-corrected chi connectivity index (χ0v) is 12.8. The normalized spacial score (nSPS) is 14.3. The molecule has 2 aromatic rings. The van der Waals surface area contributed by atoms with Crippen molar-refractivity contribution < 1.29 is 44.5 Å². The molecule has 2 aromatic carbocycles. The summed E-state index contributed by atoms with van der Waals surface area (Å²) in [4.78, 5) is 11.7. The van der Waals surface area contributed by atoms with Gasteiger partial charge in [-0.15, -0.1) is 0 Å². The van der Waals surface area contributed by atoms with Gasteiger partial charge in [0.1, 0.15) is 0 Å². The van der Waals surface area contributed by atoms with E-state index in [0.29, 0.717) is 10.8 Å². The summed E-state index contributed by atoms with van der Waals surface area (Å²) in [6.07, 6.45) is -4.36. The largest absolute Gasteiger partial charge is 0.743 e. The van der Waals surface area contributed by atoms with Gasteiger partial charge in [-0.3, -0.25) is 0 Å². The molecule has 0 radical (unpaired) electrons. The number of benzene rings is 2. The molecule has 0 N–H and O–H groups in total. The molecule has 1 unspecified atom stereocenters. The zero-order valence-electron chi connectivity index (χ0n) is 12.0. The Morgan fingerprint density at radius 3 is 2.16 bits per heavy atom. The van der Waals surface area contributed by atoms with Crippen molar-refractivity contribution in [1.82, 2.24) is 0 Å². The minimum Gasteiger partial charge on any atom is -0.743 e. The third kappa shape index (κ3) is 3.42. The summed E-state index contributed by atoms with van der Waals surface area (Å²) in [7, 11) is -6.90. The van der Waals surface area contributed by atoms with E-state index in [0.717, 1.165) is 12.1 Å². The quantitative estimate of drug-likeness (QED) is 0.450. The smallest absolute Gasteiger partial charge is 0.403 e. The lowest BCUT2D eigenvalue weighted by molar-refractivity contribution is -0.249. The Kier molecular flexibility index (Phi) is 4.75. The van der Waals surface area contributed by atoms with Gasteiger partial charge < -0.3 is 9.29 Å². The second kappa shape index (κ2) is 6.23. The molecule has 0 aliphatic heterocycles. The fourth-order valence-electron chi connectivity index (χ4n) is 1.85. The first kappa shape index (κ1) is 19.1. The first-order chi connectivity index (χ1) is 11.4. The van der Waals surface area contributed by atoms with E-state index in [9.17, 15) is 39.7 Å². The van der Waals surface area contributed by atoms with Crippen LogP contribution in [0, 0.1) is 0 Å². The first-order valence-electron chi connectivity index (χ1n) is 6.43. The highest BCUT2D eigenvalue weighted by molar-refractivity contribution is 7.86. The fraction of sp³-hybridized carbons (Fsp3) is 0.214. The van der Waals surface area contributed by atoms with Crippen LogP contribution in [0.2, 0.25) is 0 Å². The van der Waals surface area contributed by atoms with Crippen LogP contribution in [0.15, 0.2) is 42.5 Å². The van der Waals surface area contributed by atoms with Crippen LogP contribution < -0.4 is 0 Å². The van der Waals surface area contributed by atoms with Crippen molar-refractivity contribution in [2.75, 3.05) is 0 Å². The van der Waals surface area contributed by atoms with Crippen molar-refractivity contribution in [1.29, 1.82) is 0 Å². The highest BCUT2D eigenvalue weighted by Crippen LogP contribution is 2.42. The van der Waals surface area contributed by atoms with Crippen LogP contribution in [0.1, 0.15) is 10.4 Å². The van der Waals surface area contributed by atoms with Gasteiger partial charge in [0.25, 0.3) is 0 Å². The van der Waals surface area contributed by atoms with Crippen molar-refractivity contribution in [3.63, 3.8) is 0 Å². The van der Waals surface area contributed by atoms with Gasteiger partial charge in [-0.05, 0) is 22.9 Å². The molecular weight excluding hydrogens is 375 g/mol. The van der Waals surface area contributed by atoms with Crippen molar-refractivity contribution in [2.24, 2.45) is 0 Å². The van der Waals surface area contributed by atoms with Crippen molar-refractivity contribution >= 4 is 26.9 Å². The molecule has 5 nitrogen and oxygen atoms in total. The topological polar surface area (TPSA) is 83.5 Å². The highest BCUT2D eigenvalue weighted by Gasteiger charge is 2.68. The number of alkyl halides is 5. The lowest BCUT2D eigenvalue weighted by Crippen LogP contribution is -2.53. The minimum absolute atomic E-state index is 0.439. The first-order valence-corrected chi connectivity index (χ1v) is 7.83. The highest BCUT2D eigenvalue weighted by atomic mass is 32.2. The number of hydrogen-bond acceptors (Lipinski definition) is 5. The summed E-state index contributed by atoms with van der Waals surface area (Å²) in [5.41, 5.74) is -0.439. The van der Waals surface area contributed by atoms with Crippen LogP contribution in [0.25, 0.3) is 10.8 Å². The molecule has 0 saturated carbocycles. The molecular formula is C14H8F5O5S-. The Labute approximate surface area is 137 Å². The molecule has 0 aliphatic rings. The maximum atomic E-state index is 13.4. The van der Waals surface area contributed by atoms with E-state index in [1.54, 1.807) is 18.2 Å². The molecule has 0 aliphatic carbocycles. The number of esters is 1. The molecule has 11 heteroatoms. The maximum Gasteiger partial charge on any atom is 0.403 e. The van der Waals surface area contributed by atoms with Gasteiger partial charge in [-0.25, -0.2) is 13.2 Å². The molecule has 136 valence electrons. The summed E-state index contributed by atoms with van der Waals surface area (Å²) >= 11 is 0. The van der Waals surface area contributed by atoms with Crippen LogP contribution in [-0.2, 0) is 14.9 Å². The fourth-order valence-corrected chi connectivity index (χ4v) is 2.28. The SMILES string of the molecule is O=C(OC(F)C(F)(F)C(F)(F)S(=O)(=O)[O-])c1ccc2ccccc2c1. The number of hydrogen-bond donors (Lipinski definition) is 0. The lowest BCUT2D eigenvalue weighted by atomic mass is 10.1. The van der Waals surface area contributed by atoms with Crippen LogP contribution >= 0.6 is 0 Å². The van der Waals surface area contributed by atoms with E-state index in [1.165, 1.54) is 12.1 Å². The monoisotopic (exact) mass is 383 g/mol. The van der Waals surface area contributed by atoms with E-state index >= 15 is 0 Å². The van der Waals surface area contributed by atoms with Crippen LogP contribution in [0.5, 0.6) is 0 Å². The Morgan fingerprint density at radius 1 is 1.04 bits per heavy atom. The Balaban J connectivity index is 2.26. The van der Waals surface area contributed by atoms with E-state index in [4.69, 9.17) is 0 Å². The van der Waals surface area contributed by atoms with Gasteiger partial charge in [0.05, 0.1) is 5.56 Å². The van der Waals surface area contributed by atoms with E-state index < -0.39 is 39.2 Å². The third-order valence-corrected chi connectivity index (χ3v) is 4.08. The second-order valence-corrected chi connectivity index (χ2v) is 6.30. The van der Waals surface area contributed by atoms with Crippen LogP contribution in [0.3, 0.4) is 0 Å². The molecule has 1 atom stereocenters. The van der Waals surface area contributed by atoms with Gasteiger partial charge in [0, 0.05) is 0 Å². The lowest BCUT2D eigenvalue weighted by Gasteiger charge is -2.29. The number of carbonyl (C=O) groups is 1. The van der Waals surface area contributed by atoms with E-state index in [-0.39, 0.29) is 0 Å². The van der Waals surface area contributed by atoms with E-state index in [1.807, 2.05) is 0 Å². The summed E-state index contributed by atoms with van der Waals surface area (Å²) in [6.45, 7) is 0. The summed E-state index contributed by atoms with van der Waals surface area (Å²) in [5, 5.41) is -5.21. The number of ether oxygens (including phenoxy) is 1. The predicted molar refractivity (Wildman–Crippen MR) is 73.9 cm³/mol. The van der Waals surface area contributed by atoms with Gasteiger partial charge >= 0.3 is 23.5 Å². The zero-order chi connectivity index (χ0) is 19.0. The molecule has 0 heterocycles. The molecule has 0 saturated heterocycles. The van der Waals surface area contributed by atoms with Crippen molar-refractivity contribution in [2.45, 2.75) is 17.5 Å². The van der Waals surface area contributed by atoms with Crippen molar-refractivity contribution in [3.8, 4) is 0 Å². The molecule has 0 spiro atoms. The molecule has 0 amide bonds. The van der Waals surface area contributed by atoms with Gasteiger partial charge in [-0.1, -0.05) is 30.3 Å². The Hall–Kier alpha value is -2.27. The Bertz CT molecular complexity index is 913. The van der Waals surface area contributed by atoms with Crippen molar-refractivity contribution in [3.05, 3.63) is 48.0 Å². The number of rotatable bonds is 5. The maximum absolute atomic E-state index is 13.4. The number of halogens is 5. The molecule has 0 bridgehead atoms. The third-order valence-electron chi connectivity index (χ3n) is 3.18. The molecule has 0 fully saturated rings. The number of fused-ring (bicyclic) bond motifs is 1. The molecule has 0 aromatic heterocycles. The molecule has 2 rings (SSSR count). The van der Waals surface area contributed by atoms with Gasteiger partial charge in [0.2, 0.25) is 0 Å². The standard InChI is InChI=1S/C14H9F5O5S/c15-12(13(16,17)14(18,19)25(21,22)23)24-11(20)10-6-5-8-3-1-2-4-9(8)7-10/h1-7,12H,(H,21,22,23)/p-1. The molecule has 25 heavy (non-hydrogen) atoms. The minimum atomic E-state index is -6.90. The summed E-state index contributed by atoms with van der Waals surface area (Å²) < 4.78 is 100.0. The number of carbonyl (C=O) groups excluding carboxylic acids is 1. The average Bonchev–Trinajstić information content (AvgIpc) is 2.52. The van der Waals surface area contributed by atoms with E-state index in [2.05, 4.69) is 4.74 Å². The predicted octanol–water partition coefficient (Wildman–Crippen LogP) is 3.07. The van der Waals surface area contributed by atoms with Crippen LogP contribution in [0.4, 0.5) is 22.0 Å². The Morgan fingerprint density at radius 2 is 1.60 bits per heavy atom.